The first-order valence-electron chi connectivity index (χ1n) is 15.9. The second kappa shape index (κ2) is 14.9. The molecule has 1 fully saturated rings. The van der Waals surface area contributed by atoms with Crippen LogP contribution in [0.15, 0.2) is 108 Å². The molecule has 1 saturated heterocycles. The van der Waals surface area contributed by atoms with E-state index in [0.29, 0.717) is 12.4 Å². The first-order chi connectivity index (χ1) is 21.6. The Kier molecular flexibility index (Phi) is 11.6. The standard InChI is InChI=1S/C37H50O7SSi/c1-36(2,3)32(44-46(7,8)37(4,5)6)27-42-34-33(41-25-29-20-14-10-15-21-29)31(26-40-24-28-18-12-9-13-19-28)43-35(34)45(38,39)30-22-16-11-17-23-30/h9-23,27,31,33-35H,24-26H2,1-8H3/b32-27-/t31-,33+,34-,35+/m1/s1. The highest BCUT2D eigenvalue weighted by atomic mass is 32.2. The van der Waals surface area contributed by atoms with E-state index in [1.165, 1.54) is 0 Å². The maximum absolute atomic E-state index is 14.2. The highest BCUT2D eigenvalue weighted by molar-refractivity contribution is 7.92. The van der Waals surface area contributed by atoms with Crippen LogP contribution < -0.4 is 0 Å². The Hall–Kier alpha value is -2.95. The lowest BCUT2D eigenvalue weighted by Crippen LogP contribution is -2.43. The third-order valence-electron chi connectivity index (χ3n) is 8.57. The first-order valence-corrected chi connectivity index (χ1v) is 20.3. The molecular weight excluding hydrogens is 617 g/mol. The summed E-state index contributed by atoms with van der Waals surface area (Å²) in [6.07, 6.45) is -0.883. The molecule has 0 aromatic heterocycles. The van der Waals surface area contributed by atoms with E-state index in [4.69, 9.17) is 23.4 Å². The van der Waals surface area contributed by atoms with E-state index < -0.39 is 47.3 Å². The molecule has 0 radical (unpaired) electrons. The largest absolute Gasteiger partial charge is 0.544 e. The average Bonchev–Trinajstić information content (AvgIpc) is 3.36. The molecule has 4 rings (SSSR count). The lowest BCUT2D eigenvalue weighted by atomic mass is 9.95. The molecule has 1 aliphatic heterocycles. The van der Waals surface area contributed by atoms with Crippen LogP contribution in [0.4, 0.5) is 0 Å². The molecule has 9 heteroatoms. The van der Waals surface area contributed by atoms with E-state index in [2.05, 4.69) is 54.6 Å². The summed E-state index contributed by atoms with van der Waals surface area (Å²) in [4.78, 5) is 0.152. The summed E-state index contributed by atoms with van der Waals surface area (Å²) in [6.45, 7) is 17.8. The minimum absolute atomic E-state index is 0.0461. The van der Waals surface area contributed by atoms with Crippen LogP contribution >= 0.6 is 0 Å². The van der Waals surface area contributed by atoms with Crippen molar-refractivity contribution in [3.8, 4) is 0 Å². The van der Waals surface area contributed by atoms with Gasteiger partial charge < -0.3 is 23.4 Å². The smallest absolute Gasteiger partial charge is 0.250 e. The van der Waals surface area contributed by atoms with E-state index >= 15 is 0 Å². The molecule has 0 N–H and O–H groups in total. The number of benzene rings is 3. The molecule has 3 aromatic carbocycles. The van der Waals surface area contributed by atoms with E-state index in [0.717, 1.165) is 11.1 Å². The van der Waals surface area contributed by atoms with Gasteiger partial charge in [0.15, 0.2) is 6.10 Å². The van der Waals surface area contributed by atoms with Gasteiger partial charge in [-0.25, -0.2) is 8.42 Å². The maximum Gasteiger partial charge on any atom is 0.250 e. The molecule has 0 aliphatic carbocycles. The van der Waals surface area contributed by atoms with Gasteiger partial charge in [0.1, 0.15) is 24.2 Å². The zero-order valence-corrected chi connectivity index (χ0v) is 30.3. The van der Waals surface area contributed by atoms with Crippen molar-refractivity contribution in [1.82, 2.24) is 0 Å². The van der Waals surface area contributed by atoms with Crippen LogP contribution in [0.2, 0.25) is 18.1 Å². The lowest BCUT2D eigenvalue weighted by Gasteiger charge is -2.40. The van der Waals surface area contributed by atoms with Crippen LogP contribution in [0.1, 0.15) is 52.7 Å². The number of allylic oxidation sites excluding steroid dienone is 1. The fourth-order valence-corrected chi connectivity index (χ4v) is 7.60. The summed E-state index contributed by atoms with van der Waals surface area (Å²) in [6, 6.07) is 27.9. The van der Waals surface area contributed by atoms with Crippen molar-refractivity contribution < 1.29 is 31.8 Å². The highest BCUT2D eigenvalue weighted by Gasteiger charge is 2.53. The molecule has 0 amide bonds. The van der Waals surface area contributed by atoms with Crippen molar-refractivity contribution in [2.75, 3.05) is 6.61 Å². The Morgan fingerprint density at radius 3 is 1.83 bits per heavy atom. The number of rotatable bonds is 13. The van der Waals surface area contributed by atoms with Gasteiger partial charge in [0.25, 0.3) is 0 Å². The lowest BCUT2D eigenvalue weighted by molar-refractivity contribution is -0.0767. The molecule has 7 nitrogen and oxygen atoms in total. The third-order valence-corrected chi connectivity index (χ3v) is 14.8. The second-order valence-electron chi connectivity index (χ2n) is 14.4. The quantitative estimate of drug-likeness (QED) is 0.134. The van der Waals surface area contributed by atoms with Gasteiger partial charge in [0, 0.05) is 5.41 Å². The zero-order chi connectivity index (χ0) is 33.6. The molecule has 0 bridgehead atoms. The fourth-order valence-electron chi connectivity index (χ4n) is 4.72. The average molecular weight is 667 g/mol. The molecule has 0 spiro atoms. The summed E-state index contributed by atoms with van der Waals surface area (Å²) in [7, 11) is -6.25. The van der Waals surface area contributed by atoms with Crippen molar-refractivity contribution >= 4 is 18.2 Å². The van der Waals surface area contributed by atoms with Crippen LogP contribution in [-0.2, 0) is 46.4 Å². The van der Waals surface area contributed by atoms with Gasteiger partial charge in [-0.15, -0.1) is 0 Å². The predicted molar refractivity (Wildman–Crippen MR) is 184 cm³/mol. The number of sulfone groups is 1. The summed E-state index contributed by atoms with van der Waals surface area (Å²) >= 11 is 0. The monoisotopic (exact) mass is 666 g/mol. The molecule has 1 aliphatic rings. The molecular formula is C37H50O7SSi. The summed E-state index contributed by atoms with van der Waals surface area (Å²) in [5.41, 5.74) is 0.212. The Labute approximate surface area is 276 Å². The molecule has 250 valence electrons. The van der Waals surface area contributed by atoms with Crippen LogP contribution in [0.25, 0.3) is 0 Å². The maximum atomic E-state index is 14.2. The number of ether oxygens (including phenoxy) is 4. The van der Waals surface area contributed by atoms with Crippen molar-refractivity contribution in [2.45, 2.75) is 102 Å². The summed E-state index contributed by atoms with van der Waals surface area (Å²) in [5, 5.41) is -0.0461. The molecule has 1 heterocycles. The van der Waals surface area contributed by atoms with Crippen molar-refractivity contribution in [3.63, 3.8) is 0 Å². The van der Waals surface area contributed by atoms with E-state index in [1.807, 2.05) is 60.7 Å². The third kappa shape index (κ3) is 9.10. The second-order valence-corrected chi connectivity index (χ2v) is 21.1. The van der Waals surface area contributed by atoms with Crippen molar-refractivity contribution in [1.29, 1.82) is 0 Å². The summed E-state index contributed by atoms with van der Waals surface area (Å²) in [5.74, 6) is 0.653. The van der Waals surface area contributed by atoms with Crippen LogP contribution in [0.3, 0.4) is 0 Å². The van der Waals surface area contributed by atoms with Gasteiger partial charge in [0.05, 0.1) is 24.7 Å². The molecule has 0 unspecified atom stereocenters. The Bertz CT molecular complexity index is 1510. The zero-order valence-electron chi connectivity index (χ0n) is 28.4. The van der Waals surface area contributed by atoms with Crippen molar-refractivity contribution in [3.05, 3.63) is 114 Å². The van der Waals surface area contributed by atoms with Crippen molar-refractivity contribution in [2.24, 2.45) is 5.41 Å². The molecule has 46 heavy (non-hydrogen) atoms. The first kappa shape index (κ1) is 35.9. The van der Waals surface area contributed by atoms with Crippen LogP contribution in [-0.4, -0.2) is 47.1 Å². The Morgan fingerprint density at radius 2 is 1.30 bits per heavy atom. The molecule has 4 atom stereocenters. The highest BCUT2D eigenvalue weighted by Crippen LogP contribution is 2.42. The van der Waals surface area contributed by atoms with E-state index in [1.54, 1.807) is 36.6 Å². The van der Waals surface area contributed by atoms with E-state index in [9.17, 15) is 8.42 Å². The fraction of sp³-hybridized carbons (Fsp3) is 0.459. The number of hydrogen-bond donors (Lipinski definition) is 0. The van der Waals surface area contributed by atoms with Gasteiger partial charge in [-0.05, 0) is 41.4 Å². The van der Waals surface area contributed by atoms with Gasteiger partial charge in [0.2, 0.25) is 23.6 Å². The minimum atomic E-state index is -4.00. The Morgan fingerprint density at radius 1 is 0.783 bits per heavy atom. The molecule has 0 saturated carbocycles. The number of hydrogen-bond acceptors (Lipinski definition) is 7. The topological polar surface area (TPSA) is 80.3 Å². The van der Waals surface area contributed by atoms with E-state index in [-0.39, 0.29) is 23.1 Å². The summed E-state index contributed by atoms with van der Waals surface area (Å²) < 4.78 is 60.6. The van der Waals surface area contributed by atoms with Crippen LogP contribution in [0.5, 0.6) is 0 Å². The van der Waals surface area contributed by atoms with Gasteiger partial charge in [-0.2, -0.15) is 0 Å². The predicted octanol–water partition coefficient (Wildman–Crippen LogP) is 8.28. The van der Waals surface area contributed by atoms with Gasteiger partial charge in [-0.3, -0.25) is 0 Å². The normalized spacial score (nSPS) is 21.3. The minimum Gasteiger partial charge on any atom is -0.544 e. The van der Waals surface area contributed by atoms with Gasteiger partial charge in [-0.1, -0.05) is 120 Å². The SMILES string of the molecule is CC(C)(C)/C(=C/O[C@@H]1[C@@H](OCc2ccccc2)[C@@H](COCc2ccccc2)O[C@H]1S(=O)(=O)c1ccccc1)O[Si](C)(C)C(C)(C)C. The molecule has 3 aromatic rings. The Balaban J connectivity index is 1.71. The van der Waals surface area contributed by atoms with Crippen LogP contribution in [0, 0.1) is 5.41 Å². The van der Waals surface area contributed by atoms with Gasteiger partial charge >= 0.3 is 0 Å².